The van der Waals surface area contributed by atoms with Gasteiger partial charge in [-0.05, 0) is 42.8 Å². The van der Waals surface area contributed by atoms with Gasteiger partial charge in [-0.25, -0.2) is 4.79 Å². The number of fused-ring (bicyclic) bond motifs is 2. The normalized spacial score (nSPS) is 21.9. The Kier molecular flexibility index (Phi) is 3.76. The number of ether oxygens (including phenoxy) is 1. The molecule has 2 fully saturated rings. The van der Waals surface area contributed by atoms with Crippen molar-refractivity contribution < 1.29 is 9.53 Å². The summed E-state index contributed by atoms with van der Waals surface area (Å²) in [5.41, 5.74) is 2.05. The fourth-order valence-electron chi connectivity index (χ4n) is 3.72. The number of urea groups is 1. The number of methoxy groups -OCH3 is 1. The third-order valence-corrected chi connectivity index (χ3v) is 4.93. The van der Waals surface area contributed by atoms with E-state index in [1.165, 1.54) is 5.69 Å². The lowest BCUT2D eigenvalue weighted by atomic mass is 10.2. The molecule has 2 amide bonds. The van der Waals surface area contributed by atoms with E-state index < -0.39 is 0 Å². The van der Waals surface area contributed by atoms with Crippen molar-refractivity contribution in [3.63, 3.8) is 0 Å². The molecule has 2 heterocycles. The number of hydrogen-bond acceptors (Lipinski definition) is 3. The predicted molar refractivity (Wildman–Crippen MR) is 94.7 cm³/mol. The SMILES string of the molecule is COc1ccc(N2C[C@H]3C[C@@H]2CN3C(=O)Nc2ccccc2)cc1. The summed E-state index contributed by atoms with van der Waals surface area (Å²) in [6, 6.07) is 18.5. The lowest BCUT2D eigenvalue weighted by Crippen LogP contribution is -2.50. The molecule has 0 unspecified atom stereocenters. The summed E-state index contributed by atoms with van der Waals surface area (Å²) in [4.78, 5) is 16.9. The molecule has 2 aliphatic rings. The molecule has 0 radical (unpaired) electrons. The number of anilines is 2. The first-order valence-electron chi connectivity index (χ1n) is 8.28. The highest BCUT2D eigenvalue weighted by Crippen LogP contribution is 2.35. The number of carbonyl (C=O) groups is 1. The maximum Gasteiger partial charge on any atom is 0.322 e. The van der Waals surface area contributed by atoms with Crippen molar-refractivity contribution in [2.24, 2.45) is 0 Å². The first-order valence-corrected chi connectivity index (χ1v) is 8.28. The number of nitrogens with zero attached hydrogens (tertiary/aromatic N) is 2. The molecule has 4 rings (SSSR count). The summed E-state index contributed by atoms with van der Waals surface area (Å²) in [5.74, 6) is 0.868. The monoisotopic (exact) mass is 323 g/mol. The Morgan fingerprint density at radius 3 is 2.42 bits per heavy atom. The number of likely N-dealkylation sites (tertiary alicyclic amines) is 1. The Morgan fingerprint density at radius 2 is 1.79 bits per heavy atom. The standard InChI is InChI=1S/C19H21N3O2/c1-24-18-9-7-15(8-10-18)21-12-17-11-16(21)13-22(17)19(23)20-14-5-3-2-4-6-14/h2-10,16-17H,11-13H2,1H3,(H,20,23)/t16-,17-/m1/s1. The van der Waals surface area contributed by atoms with Crippen molar-refractivity contribution >= 4 is 17.4 Å². The van der Waals surface area contributed by atoms with Gasteiger partial charge in [0.1, 0.15) is 5.75 Å². The zero-order valence-electron chi connectivity index (χ0n) is 13.7. The van der Waals surface area contributed by atoms with E-state index in [1.54, 1.807) is 7.11 Å². The topological polar surface area (TPSA) is 44.8 Å². The molecule has 5 heteroatoms. The van der Waals surface area contributed by atoms with E-state index >= 15 is 0 Å². The van der Waals surface area contributed by atoms with Gasteiger partial charge in [-0.15, -0.1) is 0 Å². The second-order valence-electron chi connectivity index (χ2n) is 6.34. The molecule has 0 spiro atoms. The first-order chi connectivity index (χ1) is 11.7. The minimum atomic E-state index is 0.00285. The average molecular weight is 323 g/mol. The molecule has 0 saturated carbocycles. The fourth-order valence-corrected chi connectivity index (χ4v) is 3.72. The van der Waals surface area contributed by atoms with Crippen molar-refractivity contribution in [1.29, 1.82) is 0 Å². The lowest BCUT2D eigenvalue weighted by Gasteiger charge is -2.35. The number of hydrogen-bond donors (Lipinski definition) is 1. The molecule has 2 saturated heterocycles. The number of benzene rings is 2. The Hall–Kier alpha value is -2.69. The number of carbonyl (C=O) groups excluding carboxylic acids is 1. The van der Waals surface area contributed by atoms with Crippen LogP contribution in [-0.2, 0) is 0 Å². The summed E-state index contributed by atoms with van der Waals surface area (Å²) < 4.78 is 5.22. The Labute approximate surface area is 141 Å². The zero-order chi connectivity index (χ0) is 16.5. The van der Waals surface area contributed by atoms with Gasteiger partial charge in [0.25, 0.3) is 0 Å². The van der Waals surface area contributed by atoms with Crippen LogP contribution in [0.5, 0.6) is 5.75 Å². The van der Waals surface area contributed by atoms with Crippen molar-refractivity contribution in [1.82, 2.24) is 4.90 Å². The third-order valence-electron chi connectivity index (χ3n) is 4.93. The van der Waals surface area contributed by atoms with Crippen molar-refractivity contribution in [3.8, 4) is 5.75 Å². The predicted octanol–water partition coefficient (Wildman–Crippen LogP) is 3.19. The molecule has 0 aromatic heterocycles. The molecule has 2 atom stereocenters. The van der Waals surface area contributed by atoms with Gasteiger partial charge in [-0.2, -0.15) is 0 Å². The summed E-state index contributed by atoms with van der Waals surface area (Å²) in [7, 11) is 1.68. The van der Waals surface area contributed by atoms with Crippen LogP contribution in [0.2, 0.25) is 0 Å². The minimum absolute atomic E-state index is 0.00285. The summed E-state index contributed by atoms with van der Waals surface area (Å²) in [5, 5.41) is 2.99. The van der Waals surface area contributed by atoms with E-state index in [1.807, 2.05) is 47.4 Å². The molecule has 2 aromatic carbocycles. The van der Waals surface area contributed by atoms with E-state index in [0.29, 0.717) is 6.04 Å². The largest absolute Gasteiger partial charge is 0.497 e. The maximum absolute atomic E-state index is 12.5. The molecule has 2 aliphatic heterocycles. The number of amides is 2. The van der Waals surface area contributed by atoms with Crippen LogP contribution in [0.4, 0.5) is 16.2 Å². The molecular formula is C19H21N3O2. The number of para-hydroxylation sites is 1. The van der Waals surface area contributed by atoms with Gasteiger partial charge in [-0.1, -0.05) is 18.2 Å². The van der Waals surface area contributed by atoms with E-state index in [-0.39, 0.29) is 12.1 Å². The number of piperazine rings is 1. The van der Waals surface area contributed by atoms with E-state index in [2.05, 4.69) is 22.3 Å². The summed E-state index contributed by atoms with van der Waals surface area (Å²) in [6.07, 6.45) is 1.04. The van der Waals surface area contributed by atoms with Gasteiger partial charge in [0.05, 0.1) is 13.2 Å². The smallest absolute Gasteiger partial charge is 0.322 e. The molecule has 24 heavy (non-hydrogen) atoms. The summed E-state index contributed by atoms with van der Waals surface area (Å²) >= 11 is 0. The quantitative estimate of drug-likeness (QED) is 0.943. The maximum atomic E-state index is 12.5. The Morgan fingerprint density at radius 1 is 1.04 bits per heavy atom. The molecule has 2 bridgehead atoms. The molecule has 5 nitrogen and oxygen atoms in total. The van der Waals surface area contributed by atoms with Crippen LogP contribution in [0, 0.1) is 0 Å². The minimum Gasteiger partial charge on any atom is -0.497 e. The second-order valence-corrected chi connectivity index (χ2v) is 6.34. The van der Waals surface area contributed by atoms with Gasteiger partial charge in [-0.3, -0.25) is 0 Å². The molecule has 1 N–H and O–H groups in total. The summed E-state index contributed by atoms with van der Waals surface area (Å²) in [6.45, 7) is 1.66. The van der Waals surface area contributed by atoms with E-state index in [0.717, 1.165) is 30.9 Å². The molecule has 2 aromatic rings. The third kappa shape index (κ3) is 2.66. The van der Waals surface area contributed by atoms with Crippen LogP contribution in [0.3, 0.4) is 0 Å². The van der Waals surface area contributed by atoms with Gasteiger partial charge >= 0.3 is 6.03 Å². The van der Waals surface area contributed by atoms with Crippen molar-refractivity contribution in [2.45, 2.75) is 18.5 Å². The average Bonchev–Trinajstić information content (AvgIpc) is 3.23. The zero-order valence-corrected chi connectivity index (χ0v) is 13.7. The first kappa shape index (κ1) is 14.9. The Balaban J connectivity index is 1.41. The van der Waals surface area contributed by atoms with Crippen LogP contribution in [0.25, 0.3) is 0 Å². The van der Waals surface area contributed by atoms with Crippen LogP contribution < -0.4 is 15.0 Å². The second kappa shape index (κ2) is 6.07. The highest BCUT2D eigenvalue weighted by atomic mass is 16.5. The van der Waals surface area contributed by atoms with E-state index in [4.69, 9.17) is 4.74 Å². The highest BCUT2D eigenvalue weighted by molar-refractivity contribution is 5.90. The van der Waals surface area contributed by atoms with Gasteiger partial charge in [0.15, 0.2) is 0 Å². The Bertz CT molecular complexity index is 717. The van der Waals surface area contributed by atoms with E-state index in [9.17, 15) is 4.79 Å². The van der Waals surface area contributed by atoms with Crippen molar-refractivity contribution in [2.75, 3.05) is 30.4 Å². The van der Waals surface area contributed by atoms with Crippen LogP contribution in [0.1, 0.15) is 6.42 Å². The highest BCUT2D eigenvalue weighted by Gasteiger charge is 2.45. The molecule has 0 aliphatic carbocycles. The van der Waals surface area contributed by atoms with Crippen LogP contribution >= 0.6 is 0 Å². The fraction of sp³-hybridized carbons (Fsp3) is 0.316. The van der Waals surface area contributed by atoms with Gasteiger partial charge < -0.3 is 19.9 Å². The number of nitrogens with one attached hydrogen (secondary N) is 1. The molecular weight excluding hydrogens is 302 g/mol. The number of rotatable bonds is 3. The molecule has 124 valence electrons. The van der Waals surface area contributed by atoms with Gasteiger partial charge in [0.2, 0.25) is 0 Å². The van der Waals surface area contributed by atoms with Gasteiger partial charge in [0, 0.05) is 30.5 Å². The lowest BCUT2D eigenvalue weighted by molar-refractivity contribution is 0.202. The van der Waals surface area contributed by atoms with Crippen molar-refractivity contribution in [3.05, 3.63) is 54.6 Å². The van der Waals surface area contributed by atoms with Crippen LogP contribution in [-0.4, -0.2) is 43.2 Å². The van der Waals surface area contributed by atoms with Crippen LogP contribution in [0.15, 0.2) is 54.6 Å².